The van der Waals surface area contributed by atoms with E-state index >= 15 is 0 Å². The SMILES string of the molecule is OC(CSc1nnnn1Cc1ccco1)c1ccccc1. The van der Waals surface area contributed by atoms with Gasteiger partial charge in [-0.25, -0.2) is 4.68 Å². The van der Waals surface area contributed by atoms with Crippen molar-refractivity contribution >= 4 is 11.8 Å². The van der Waals surface area contributed by atoms with Gasteiger partial charge in [0.1, 0.15) is 12.3 Å². The molecule has 0 amide bonds. The minimum atomic E-state index is -0.551. The molecule has 1 aromatic carbocycles. The van der Waals surface area contributed by atoms with E-state index < -0.39 is 6.10 Å². The minimum Gasteiger partial charge on any atom is -0.467 e. The Kier molecular flexibility index (Phi) is 4.32. The maximum absolute atomic E-state index is 10.1. The molecule has 1 atom stereocenters. The maximum atomic E-state index is 10.1. The van der Waals surface area contributed by atoms with Crippen LogP contribution >= 0.6 is 11.8 Å². The maximum Gasteiger partial charge on any atom is 0.209 e. The van der Waals surface area contributed by atoms with Crippen LogP contribution < -0.4 is 0 Å². The summed E-state index contributed by atoms with van der Waals surface area (Å²) in [5.41, 5.74) is 0.884. The Morgan fingerprint density at radius 2 is 2.05 bits per heavy atom. The monoisotopic (exact) mass is 302 g/mol. The van der Waals surface area contributed by atoms with Crippen LogP contribution in [0.5, 0.6) is 0 Å². The molecule has 1 unspecified atom stereocenters. The first-order valence-electron chi connectivity index (χ1n) is 6.47. The highest BCUT2D eigenvalue weighted by molar-refractivity contribution is 7.99. The molecule has 0 radical (unpaired) electrons. The van der Waals surface area contributed by atoms with Gasteiger partial charge in [-0.1, -0.05) is 42.1 Å². The van der Waals surface area contributed by atoms with Crippen LogP contribution in [0.3, 0.4) is 0 Å². The second-order valence-electron chi connectivity index (χ2n) is 4.44. The molecule has 0 aliphatic carbocycles. The van der Waals surface area contributed by atoms with Crippen LogP contribution in [-0.4, -0.2) is 31.1 Å². The average Bonchev–Trinajstić information content (AvgIpc) is 3.18. The smallest absolute Gasteiger partial charge is 0.209 e. The number of aliphatic hydroxyl groups excluding tert-OH is 1. The molecule has 1 N–H and O–H groups in total. The van der Waals surface area contributed by atoms with Gasteiger partial charge < -0.3 is 9.52 Å². The number of furan rings is 1. The van der Waals surface area contributed by atoms with Crippen LogP contribution in [0.2, 0.25) is 0 Å². The van der Waals surface area contributed by atoms with Crippen molar-refractivity contribution in [2.45, 2.75) is 17.8 Å². The summed E-state index contributed by atoms with van der Waals surface area (Å²) in [5, 5.41) is 22.4. The summed E-state index contributed by atoms with van der Waals surface area (Å²) in [6.07, 6.45) is 1.07. The van der Waals surface area contributed by atoms with E-state index in [1.165, 1.54) is 11.8 Å². The standard InChI is InChI=1S/C14H14N4O2S/c19-13(11-5-2-1-3-6-11)10-21-14-15-16-17-18(14)9-12-7-4-8-20-12/h1-8,13,19H,9-10H2. The number of benzene rings is 1. The molecule has 0 fully saturated rings. The third kappa shape index (κ3) is 3.50. The van der Waals surface area contributed by atoms with E-state index in [0.29, 0.717) is 17.5 Å². The quantitative estimate of drug-likeness (QED) is 0.703. The molecule has 7 heteroatoms. The van der Waals surface area contributed by atoms with E-state index in [4.69, 9.17) is 4.42 Å². The number of tetrazole rings is 1. The van der Waals surface area contributed by atoms with Gasteiger partial charge in [-0.2, -0.15) is 0 Å². The predicted molar refractivity (Wildman–Crippen MR) is 77.8 cm³/mol. The van der Waals surface area contributed by atoms with Crippen LogP contribution in [0, 0.1) is 0 Å². The van der Waals surface area contributed by atoms with Crippen LogP contribution in [0.15, 0.2) is 58.3 Å². The molecule has 0 aliphatic heterocycles. The Hall–Kier alpha value is -2.12. The predicted octanol–water partition coefficient (Wildman–Crippen LogP) is 2.14. The van der Waals surface area contributed by atoms with Crippen molar-refractivity contribution in [2.75, 3.05) is 5.75 Å². The number of rotatable bonds is 6. The first-order valence-corrected chi connectivity index (χ1v) is 7.46. The molecule has 3 aromatic rings. The zero-order valence-corrected chi connectivity index (χ0v) is 12.0. The first-order chi connectivity index (χ1) is 10.3. The van der Waals surface area contributed by atoms with Crippen molar-refractivity contribution in [2.24, 2.45) is 0 Å². The lowest BCUT2D eigenvalue weighted by Crippen LogP contribution is -2.05. The number of aromatic nitrogens is 4. The zero-order chi connectivity index (χ0) is 14.5. The number of hydrogen-bond donors (Lipinski definition) is 1. The molecule has 108 valence electrons. The fourth-order valence-electron chi connectivity index (χ4n) is 1.87. The van der Waals surface area contributed by atoms with Crippen molar-refractivity contribution in [3.63, 3.8) is 0 Å². The molecule has 3 rings (SSSR count). The largest absolute Gasteiger partial charge is 0.467 e. The number of nitrogens with zero attached hydrogens (tertiary/aromatic N) is 4. The highest BCUT2D eigenvalue weighted by atomic mass is 32.2. The summed E-state index contributed by atoms with van der Waals surface area (Å²) >= 11 is 1.41. The molecule has 0 saturated carbocycles. The molecular weight excluding hydrogens is 288 g/mol. The van der Waals surface area contributed by atoms with E-state index in [1.807, 2.05) is 42.5 Å². The van der Waals surface area contributed by atoms with Gasteiger partial charge in [-0.3, -0.25) is 0 Å². The van der Waals surface area contributed by atoms with Crippen molar-refractivity contribution in [3.05, 3.63) is 60.1 Å². The van der Waals surface area contributed by atoms with Gasteiger partial charge in [0.25, 0.3) is 0 Å². The molecule has 0 spiro atoms. The summed E-state index contributed by atoms with van der Waals surface area (Å²) in [6, 6.07) is 13.2. The van der Waals surface area contributed by atoms with E-state index in [1.54, 1.807) is 10.9 Å². The van der Waals surface area contributed by atoms with Gasteiger partial charge in [0.05, 0.1) is 12.4 Å². The molecule has 6 nitrogen and oxygen atoms in total. The second-order valence-corrected chi connectivity index (χ2v) is 5.42. The molecule has 0 aliphatic rings. The highest BCUT2D eigenvalue weighted by Crippen LogP contribution is 2.23. The van der Waals surface area contributed by atoms with Gasteiger partial charge in [0.15, 0.2) is 0 Å². The lowest BCUT2D eigenvalue weighted by atomic mass is 10.1. The Labute approximate surface area is 125 Å². The molecule has 2 heterocycles. The Morgan fingerprint density at radius 3 is 2.81 bits per heavy atom. The summed E-state index contributed by atoms with van der Waals surface area (Å²) in [7, 11) is 0. The van der Waals surface area contributed by atoms with Gasteiger partial charge >= 0.3 is 0 Å². The van der Waals surface area contributed by atoms with Gasteiger partial charge in [-0.15, -0.1) is 5.10 Å². The fourth-order valence-corrected chi connectivity index (χ4v) is 2.72. The summed E-state index contributed by atoms with van der Waals surface area (Å²) in [5.74, 6) is 1.27. The number of thioether (sulfide) groups is 1. The third-order valence-electron chi connectivity index (χ3n) is 2.94. The van der Waals surface area contributed by atoms with Gasteiger partial charge in [0.2, 0.25) is 5.16 Å². The Balaban J connectivity index is 1.62. The van der Waals surface area contributed by atoms with Crippen molar-refractivity contribution in [1.29, 1.82) is 0 Å². The third-order valence-corrected chi connectivity index (χ3v) is 3.97. The second kappa shape index (κ2) is 6.55. The lowest BCUT2D eigenvalue weighted by Gasteiger charge is -2.09. The Bertz CT molecular complexity index is 669. The first kappa shape index (κ1) is 13.8. The average molecular weight is 302 g/mol. The van der Waals surface area contributed by atoms with Crippen molar-refractivity contribution in [1.82, 2.24) is 20.2 Å². The van der Waals surface area contributed by atoms with Gasteiger partial charge in [-0.05, 0) is 28.1 Å². The molecule has 21 heavy (non-hydrogen) atoms. The summed E-state index contributed by atoms with van der Waals surface area (Å²) in [6.45, 7) is 0.476. The molecular formula is C14H14N4O2S. The molecule has 2 aromatic heterocycles. The van der Waals surface area contributed by atoms with E-state index in [2.05, 4.69) is 15.5 Å². The molecule has 0 saturated heterocycles. The fraction of sp³-hybridized carbons (Fsp3) is 0.214. The normalized spacial score (nSPS) is 12.4. The highest BCUT2D eigenvalue weighted by Gasteiger charge is 2.13. The Morgan fingerprint density at radius 1 is 1.19 bits per heavy atom. The number of hydrogen-bond acceptors (Lipinski definition) is 6. The van der Waals surface area contributed by atoms with Crippen LogP contribution in [0.4, 0.5) is 0 Å². The zero-order valence-electron chi connectivity index (χ0n) is 11.2. The van der Waals surface area contributed by atoms with E-state index in [9.17, 15) is 5.11 Å². The summed E-state index contributed by atoms with van der Waals surface area (Å²) in [4.78, 5) is 0. The lowest BCUT2D eigenvalue weighted by molar-refractivity contribution is 0.204. The summed E-state index contributed by atoms with van der Waals surface area (Å²) < 4.78 is 6.94. The molecule has 0 bridgehead atoms. The van der Waals surface area contributed by atoms with Crippen molar-refractivity contribution < 1.29 is 9.52 Å². The minimum absolute atomic E-state index is 0.476. The van der Waals surface area contributed by atoms with Crippen LogP contribution in [-0.2, 0) is 6.54 Å². The topological polar surface area (TPSA) is 77.0 Å². The van der Waals surface area contributed by atoms with Crippen LogP contribution in [0.25, 0.3) is 0 Å². The van der Waals surface area contributed by atoms with Gasteiger partial charge in [0, 0.05) is 5.75 Å². The van der Waals surface area contributed by atoms with E-state index in [-0.39, 0.29) is 0 Å². The number of aliphatic hydroxyl groups is 1. The van der Waals surface area contributed by atoms with Crippen molar-refractivity contribution in [3.8, 4) is 0 Å². The van der Waals surface area contributed by atoms with E-state index in [0.717, 1.165) is 11.3 Å². The van der Waals surface area contributed by atoms with Crippen LogP contribution in [0.1, 0.15) is 17.4 Å².